The molecule has 0 bridgehead atoms. The molecule has 5 aromatic rings. The van der Waals surface area contributed by atoms with Crippen LogP contribution in [0.5, 0.6) is 0 Å². The lowest BCUT2D eigenvalue weighted by Gasteiger charge is -2.14. The first-order valence-electron chi connectivity index (χ1n) is 10.0. The average Bonchev–Trinajstić information content (AvgIpc) is 3.44. The summed E-state index contributed by atoms with van der Waals surface area (Å²) in [6.45, 7) is -0.173. The lowest BCUT2D eigenvalue weighted by atomic mass is 10.1. The molecule has 0 unspecified atom stereocenters. The van der Waals surface area contributed by atoms with Crippen molar-refractivity contribution in [3.05, 3.63) is 93.8 Å². The summed E-state index contributed by atoms with van der Waals surface area (Å²) in [6.07, 6.45) is -2.24. The Bertz CT molecular complexity index is 1550. The molecule has 35 heavy (non-hydrogen) atoms. The molecule has 0 amide bonds. The van der Waals surface area contributed by atoms with Crippen LogP contribution in [0.1, 0.15) is 27.5 Å². The van der Waals surface area contributed by atoms with Gasteiger partial charge in [-0.25, -0.2) is 9.97 Å². The van der Waals surface area contributed by atoms with Crippen LogP contribution in [-0.2, 0) is 12.7 Å². The topological polar surface area (TPSA) is 86.7 Å². The molecular formula is C23H12Cl2F3N5O2. The number of carbonyl (C=O) groups excluding carboxylic acids is 1. The Hall–Kier alpha value is -3.76. The van der Waals surface area contributed by atoms with Gasteiger partial charge in [-0.2, -0.15) is 13.2 Å². The van der Waals surface area contributed by atoms with E-state index in [-0.39, 0.29) is 34.1 Å². The number of hydrogen-bond acceptors (Lipinski definition) is 6. The number of halogens is 5. The Morgan fingerprint density at radius 2 is 1.74 bits per heavy atom. The van der Waals surface area contributed by atoms with Crippen LogP contribution in [0.2, 0.25) is 10.0 Å². The summed E-state index contributed by atoms with van der Waals surface area (Å²) in [6, 6.07) is 12.0. The van der Waals surface area contributed by atoms with Crippen LogP contribution in [0.3, 0.4) is 0 Å². The van der Waals surface area contributed by atoms with E-state index in [9.17, 15) is 18.0 Å². The Balaban J connectivity index is 1.70. The third kappa shape index (κ3) is 4.38. The van der Waals surface area contributed by atoms with Gasteiger partial charge in [0.1, 0.15) is 17.7 Å². The molecule has 0 radical (unpaired) electrons. The Kier molecular flexibility index (Phi) is 5.78. The average molecular weight is 518 g/mol. The number of alkyl halides is 3. The smallest absolute Gasteiger partial charge is 0.412 e. The number of benzene rings is 2. The van der Waals surface area contributed by atoms with Gasteiger partial charge in [0.05, 0.1) is 5.56 Å². The molecular weight excluding hydrogens is 506 g/mol. The molecule has 2 aromatic carbocycles. The van der Waals surface area contributed by atoms with Crippen molar-refractivity contribution in [1.82, 2.24) is 24.7 Å². The molecule has 12 heteroatoms. The molecule has 0 saturated heterocycles. The van der Waals surface area contributed by atoms with E-state index in [0.29, 0.717) is 10.6 Å². The highest BCUT2D eigenvalue weighted by atomic mass is 35.5. The number of carbonyl (C=O) groups is 1. The van der Waals surface area contributed by atoms with Gasteiger partial charge in [0.2, 0.25) is 0 Å². The predicted molar refractivity (Wildman–Crippen MR) is 121 cm³/mol. The Labute approximate surface area is 205 Å². The number of nitrogens with zero attached hydrogens (tertiary/aromatic N) is 5. The highest BCUT2D eigenvalue weighted by Gasteiger charge is 2.42. The second kappa shape index (κ2) is 8.79. The monoisotopic (exact) mass is 517 g/mol. The van der Waals surface area contributed by atoms with E-state index in [1.807, 2.05) is 0 Å². The first-order chi connectivity index (χ1) is 16.7. The third-order valence-corrected chi connectivity index (χ3v) is 5.68. The molecule has 7 nitrogen and oxygen atoms in total. The van der Waals surface area contributed by atoms with Crippen LogP contribution in [-0.4, -0.2) is 30.5 Å². The van der Waals surface area contributed by atoms with Gasteiger partial charge < -0.3 is 8.98 Å². The van der Waals surface area contributed by atoms with E-state index in [2.05, 4.69) is 20.2 Å². The second-order valence-electron chi connectivity index (χ2n) is 7.43. The maximum absolute atomic E-state index is 14.4. The quantitative estimate of drug-likeness (QED) is 0.262. The fourth-order valence-corrected chi connectivity index (χ4v) is 4.03. The second-order valence-corrected chi connectivity index (χ2v) is 8.30. The Morgan fingerprint density at radius 1 is 1.00 bits per heavy atom. The number of ketones is 1. The molecule has 3 heterocycles. The summed E-state index contributed by atoms with van der Waals surface area (Å²) >= 11 is 12.0. The van der Waals surface area contributed by atoms with Gasteiger partial charge in [-0.1, -0.05) is 35.3 Å². The summed E-state index contributed by atoms with van der Waals surface area (Å²) in [5.74, 6) is -1.84. The van der Waals surface area contributed by atoms with Crippen molar-refractivity contribution >= 4 is 39.9 Å². The Morgan fingerprint density at radius 3 is 2.43 bits per heavy atom. The van der Waals surface area contributed by atoms with Crippen LogP contribution in [0, 0.1) is 0 Å². The summed E-state index contributed by atoms with van der Waals surface area (Å²) in [5, 5.41) is 8.04. The number of hydrogen-bond donors (Lipinski definition) is 0. The highest BCUT2D eigenvalue weighted by molar-refractivity contribution is 6.32. The van der Waals surface area contributed by atoms with Gasteiger partial charge in [-0.3, -0.25) is 4.79 Å². The minimum absolute atomic E-state index is 0.00516. The van der Waals surface area contributed by atoms with Crippen LogP contribution in [0.15, 0.2) is 65.5 Å². The fraction of sp³-hybridized carbons (Fsp3) is 0.0870. The summed E-state index contributed by atoms with van der Waals surface area (Å²) in [4.78, 5) is 21.1. The van der Waals surface area contributed by atoms with Gasteiger partial charge in [0.25, 0.3) is 17.6 Å². The van der Waals surface area contributed by atoms with Gasteiger partial charge >= 0.3 is 6.18 Å². The molecule has 0 saturated carbocycles. The van der Waals surface area contributed by atoms with Crippen molar-refractivity contribution in [2.24, 2.45) is 0 Å². The van der Waals surface area contributed by atoms with E-state index >= 15 is 0 Å². The van der Waals surface area contributed by atoms with Crippen molar-refractivity contribution in [1.29, 1.82) is 0 Å². The first kappa shape index (κ1) is 23.0. The molecule has 0 aliphatic heterocycles. The van der Waals surface area contributed by atoms with Crippen LogP contribution >= 0.6 is 23.2 Å². The summed E-state index contributed by atoms with van der Waals surface area (Å²) < 4.78 is 49.8. The zero-order valence-electron chi connectivity index (χ0n) is 17.4. The predicted octanol–water partition coefficient (Wildman–Crippen LogP) is 6.09. The molecule has 0 spiro atoms. The van der Waals surface area contributed by atoms with Crippen molar-refractivity contribution in [2.45, 2.75) is 12.7 Å². The van der Waals surface area contributed by atoms with Gasteiger partial charge in [-0.15, -0.1) is 10.2 Å². The highest BCUT2D eigenvalue weighted by Crippen LogP contribution is 2.40. The van der Waals surface area contributed by atoms with Gasteiger partial charge in [0.15, 0.2) is 0 Å². The minimum Gasteiger partial charge on any atom is -0.412 e. The van der Waals surface area contributed by atoms with Gasteiger partial charge in [-0.05, 0) is 42.0 Å². The molecule has 0 fully saturated rings. The first-order valence-corrected chi connectivity index (χ1v) is 10.8. The molecule has 0 atom stereocenters. The van der Waals surface area contributed by atoms with Crippen molar-refractivity contribution in [3.8, 4) is 11.6 Å². The number of rotatable bonds is 5. The van der Waals surface area contributed by atoms with Crippen molar-refractivity contribution < 1.29 is 22.4 Å². The van der Waals surface area contributed by atoms with Crippen LogP contribution in [0.4, 0.5) is 13.2 Å². The van der Waals surface area contributed by atoms with E-state index in [1.54, 1.807) is 24.3 Å². The SMILES string of the molecule is O=C(c1nnc(-c2ccncn2)o1)c1c(C(F)(F)F)n(Cc2ccc(Cl)cc2)c2ccc(Cl)cc12. The van der Waals surface area contributed by atoms with Crippen molar-refractivity contribution in [3.63, 3.8) is 0 Å². The summed E-state index contributed by atoms with van der Waals surface area (Å²) in [5.41, 5.74) is -0.862. The lowest BCUT2D eigenvalue weighted by molar-refractivity contribution is -0.143. The normalized spacial score (nSPS) is 11.8. The van der Waals surface area contributed by atoms with E-state index in [1.165, 1.54) is 36.8 Å². The van der Waals surface area contributed by atoms with E-state index in [4.69, 9.17) is 27.6 Å². The van der Waals surface area contributed by atoms with Crippen LogP contribution < -0.4 is 0 Å². The standard InChI is InChI=1S/C23H12Cl2F3N5O2/c24-13-3-1-12(2-4-13)10-33-17-6-5-14(25)9-15(17)18(20(33)23(26,27)28)19(34)22-32-31-21(35-22)16-7-8-29-11-30-16/h1-9,11H,10H2. The van der Waals surface area contributed by atoms with Gasteiger partial charge in [0, 0.05) is 33.7 Å². The van der Waals surface area contributed by atoms with E-state index in [0.717, 1.165) is 4.57 Å². The maximum atomic E-state index is 14.4. The minimum atomic E-state index is -4.89. The largest absolute Gasteiger partial charge is 0.432 e. The number of aromatic nitrogens is 5. The fourth-order valence-electron chi connectivity index (χ4n) is 3.73. The van der Waals surface area contributed by atoms with Crippen LogP contribution in [0.25, 0.3) is 22.5 Å². The molecule has 3 aromatic heterocycles. The maximum Gasteiger partial charge on any atom is 0.432 e. The third-order valence-electron chi connectivity index (χ3n) is 5.20. The molecule has 176 valence electrons. The molecule has 0 aliphatic carbocycles. The summed E-state index contributed by atoms with van der Waals surface area (Å²) in [7, 11) is 0. The van der Waals surface area contributed by atoms with E-state index < -0.39 is 29.1 Å². The molecule has 5 rings (SSSR count). The molecule has 0 N–H and O–H groups in total. The number of fused-ring (bicyclic) bond motifs is 1. The zero-order valence-corrected chi connectivity index (χ0v) is 18.9. The zero-order chi connectivity index (χ0) is 24.7. The lowest BCUT2D eigenvalue weighted by Crippen LogP contribution is -2.19. The van der Waals surface area contributed by atoms with Crippen molar-refractivity contribution in [2.75, 3.05) is 0 Å². The molecule has 0 aliphatic rings.